The van der Waals surface area contributed by atoms with Crippen molar-refractivity contribution in [2.75, 3.05) is 12.4 Å². The Hall–Kier alpha value is -1.69. The van der Waals surface area contributed by atoms with Gasteiger partial charge in [0.25, 0.3) is 0 Å². The fourth-order valence-electron chi connectivity index (χ4n) is 2.83. The van der Waals surface area contributed by atoms with E-state index in [1.807, 2.05) is 36.4 Å². The summed E-state index contributed by atoms with van der Waals surface area (Å²) >= 11 is 5.97. The average molecular weight is 352 g/mol. The maximum Gasteiger partial charge on any atom is 0.153 e. The Balaban J connectivity index is 2.00. The Labute approximate surface area is 141 Å². The zero-order valence-electron chi connectivity index (χ0n) is 12.2. The fourth-order valence-corrected chi connectivity index (χ4v) is 3.57. The van der Waals surface area contributed by atoms with E-state index in [0.29, 0.717) is 17.1 Å². The minimum atomic E-state index is -2.56. The van der Waals surface area contributed by atoms with E-state index in [-0.39, 0.29) is 17.7 Å². The number of hydrogen-bond acceptors (Lipinski definition) is 3. The second-order valence-electron chi connectivity index (χ2n) is 5.39. The number of thiol groups is 1. The van der Waals surface area contributed by atoms with Crippen molar-refractivity contribution in [1.29, 1.82) is 0 Å². The summed E-state index contributed by atoms with van der Waals surface area (Å²) in [6, 6.07) is 13.8. The Morgan fingerprint density at radius 1 is 1.17 bits per heavy atom. The van der Waals surface area contributed by atoms with Gasteiger partial charge in [0.1, 0.15) is 11.7 Å². The monoisotopic (exact) mass is 351 g/mol. The second-order valence-corrected chi connectivity index (χ2v) is 6.78. The highest BCUT2D eigenvalue weighted by atomic mass is 35.5. The first-order valence-electron chi connectivity index (χ1n) is 7.11. The first-order valence-corrected chi connectivity index (χ1v) is 8.85. The molecule has 0 saturated carbocycles. The molecular formula is C17H15ClFNO2S. The van der Waals surface area contributed by atoms with Gasteiger partial charge in [-0.3, -0.25) is 4.90 Å². The number of rotatable bonds is 4. The Morgan fingerprint density at radius 2 is 1.91 bits per heavy atom. The van der Waals surface area contributed by atoms with Crippen molar-refractivity contribution in [2.45, 2.75) is 6.04 Å². The molecule has 2 aromatic carbocycles. The molecule has 0 saturated heterocycles. The fraction of sp³-hybridized carbons (Fsp3) is 0.176. The van der Waals surface area contributed by atoms with Gasteiger partial charge in [-0.15, -0.1) is 0 Å². The quantitative estimate of drug-likeness (QED) is 0.857. The second kappa shape index (κ2) is 6.83. The van der Waals surface area contributed by atoms with Crippen molar-refractivity contribution in [1.82, 2.24) is 4.90 Å². The van der Waals surface area contributed by atoms with E-state index in [0.717, 1.165) is 11.1 Å². The van der Waals surface area contributed by atoms with Crippen molar-refractivity contribution in [2.24, 2.45) is 0 Å². The number of hydrogen-bond donors (Lipinski definition) is 1. The van der Waals surface area contributed by atoms with Crippen LogP contribution in [0.4, 0.5) is 4.39 Å². The third-order valence-corrected chi connectivity index (χ3v) is 4.67. The maximum atomic E-state index is 14.1. The van der Waals surface area contributed by atoms with Gasteiger partial charge in [-0.1, -0.05) is 48.0 Å². The molecule has 0 spiro atoms. The summed E-state index contributed by atoms with van der Waals surface area (Å²) in [6.45, 7) is 0.361. The zero-order chi connectivity index (χ0) is 16.4. The molecule has 0 fully saturated rings. The molecular weight excluding hydrogens is 337 g/mol. The standard InChI is InChI=1S/C17H15ClFNO2S/c18-14-6-7-16(19)15(9-14)13-8-17(12-4-2-1-3-5-12)20(10-13)11-23(21)22/h1-9,17,23H,10-11H2. The van der Waals surface area contributed by atoms with E-state index in [2.05, 4.69) is 0 Å². The number of benzene rings is 2. The van der Waals surface area contributed by atoms with Gasteiger partial charge in [-0.25, -0.2) is 12.8 Å². The van der Waals surface area contributed by atoms with Gasteiger partial charge in [-0.05, 0) is 29.3 Å². The van der Waals surface area contributed by atoms with Crippen molar-refractivity contribution >= 4 is 27.9 Å². The van der Waals surface area contributed by atoms with E-state index < -0.39 is 10.7 Å². The number of nitrogens with zero attached hydrogens (tertiary/aromatic N) is 1. The first-order chi connectivity index (χ1) is 11.0. The third-order valence-electron chi connectivity index (χ3n) is 3.84. The largest absolute Gasteiger partial charge is 0.275 e. The Morgan fingerprint density at radius 3 is 2.61 bits per heavy atom. The van der Waals surface area contributed by atoms with Crippen LogP contribution in [-0.2, 0) is 10.7 Å². The van der Waals surface area contributed by atoms with Crippen molar-refractivity contribution < 1.29 is 12.8 Å². The lowest BCUT2D eigenvalue weighted by molar-refractivity contribution is 0.322. The molecule has 0 radical (unpaired) electrons. The summed E-state index contributed by atoms with van der Waals surface area (Å²) < 4.78 is 36.5. The van der Waals surface area contributed by atoms with Crippen LogP contribution in [-0.4, -0.2) is 25.7 Å². The summed E-state index contributed by atoms with van der Waals surface area (Å²) in [5.74, 6) is -0.433. The van der Waals surface area contributed by atoms with Gasteiger partial charge in [0.15, 0.2) is 10.7 Å². The smallest absolute Gasteiger partial charge is 0.153 e. The molecule has 1 aliphatic rings. The van der Waals surface area contributed by atoms with Gasteiger partial charge in [0.2, 0.25) is 0 Å². The van der Waals surface area contributed by atoms with Crippen LogP contribution in [0.15, 0.2) is 54.6 Å². The van der Waals surface area contributed by atoms with Crippen LogP contribution in [0.3, 0.4) is 0 Å². The number of halogens is 2. The summed E-state index contributed by atoms with van der Waals surface area (Å²) in [5.41, 5.74) is 2.14. The Kier molecular flexibility index (Phi) is 4.80. The first kappa shape index (κ1) is 16.2. The molecule has 0 N–H and O–H groups in total. The molecule has 3 rings (SSSR count). The Bertz CT molecular complexity index is 813. The highest BCUT2D eigenvalue weighted by Crippen LogP contribution is 2.35. The van der Waals surface area contributed by atoms with Gasteiger partial charge in [0, 0.05) is 17.1 Å². The van der Waals surface area contributed by atoms with E-state index in [1.165, 1.54) is 12.1 Å². The van der Waals surface area contributed by atoms with E-state index >= 15 is 0 Å². The molecule has 23 heavy (non-hydrogen) atoms. The lowest BCUT2D eigenvalue weighted by atomic mass is 10.0. The molecule has 0 aliphatic carbocycles. The maximum absolute atomic E-state index is 14.1. The minimum Gasteiger partial charge on any atom is -0.275 e. The van der Waals surface area contributed by atoms with Crippen LogP contribution in [0.5, 0.6) is 0 Å². The predicted octanol–water partition coefficient (Wildman–Crippen LogP) is 3.49. The molecule has 120 valence electrons. The molecule has 6 heteroatoms. The summed E-state index contributed by atoms with van der Waals surface area (Å²) in [7, 11) is -2.56. The predicted molar refractivity (Wildman–Crippen MR) is 90.5 cm³/mol. The van der Waals surface area contributed by atoms with Crippen molar-refractivity contribution in [3.05, 3.63) is 76.6 Å². The normalized spacial score (nSPS) is 18.4. The van der Waals surface area contributed by atoms with Crippen LogP contribution in [0.1, 0.15) is 17.2 Å². The lowest BCUT2D eigenvalue weighted by Gasteiger charge is -2.22. The average Bonchev–Trinajstić information content (AvgIpc) is 2.93. The molecule has 0 amide bonds. The van der Waals surface area contributed by atoms with Crippen LogP contribution >= 0.6 is 11.6 Å². The van der Waals surface area contributed by atoms with Gasteiger partial charge < -0.3 is 0 Å². The highest BCUT2D eigenvalue weighted by molar-refractivity contribution is 7.72. The zero-order valence-corrected chi connectivity index (χ0v) is 13.8. The van der Waals surface area contributed by atoms with Crippen molar-refractivity contribution in [3.8, 4) is 0 Å². The van der Waals surface area contributed by atoms with Crippen LogP contribution in [0.2, 0.25) is 5.02 Å². The van der Waals surface area contributed by atoms with Crippen LogP contribution < -0.4 is 0 Å². The van der Waals surface area contributed by atoms with Crippen LogP contribution in [0, 0.1) is 5.82 Å². The van der Waals surface area contributed by atoms with Crippen molar-refractivity contribution in [3.63, 3.8) is 0 Å². The molecule has 1 unspecified atom stereocenters. The molecule has 0 bridgehead atoms. The molecule has 1 aliphatic heterocycles. The topological polar surface area (TPSA) is 37.4 Å². The summed E-state index contributed by atoms with van der Waals surface area (Å²) in [5, 5.41) is 0.451. The van der Waals surface area contributed by atoms with Gasteiger partial charge in [0.05, 0.1) is 6.04 Å². The third kappa shape index (κ3) is 3.63. The minimum absolute atomic E-state index is 0.0723. The molecule has 3 nitrogen and oxygen atoms in total. The molecule has 0 aromatic heterocycles. The molecule has 1 heterocycles. The van der Waals surface area contributed by atoms with Gasteiger partial charge in [-0.2, -0.15) is 0 Å². The van der Waals surface area contributed by atoms with E-state index in [9.17, 15) is 12.8 Å². The highest BCUT2D eigenvalue weighted by Gasteiger charge is 2.28. The van der Waals surface area contributed by atoms with Crippen LogP contribution in [0.25, 0.3) is 5.57 Å². The van der Waals surface area contributed by atoms with E-state index in [4.69, 9.17) is 11.6 Å². The SMILES string of the molecule is O=[SH](=O)CN1CC(c2cc(Cl)ccc2F)=CC1c1ccccc1. The molecule has 1 atom stereocenters. The molecule has 2 aromatic rings. The lowest BCUT2D eigenvalue weighted by Crippen LogP contribution is -2.26. The van der Waals surface area contributed by atoms with Gasteiger partial charge >= 0.3 is 0 Å². The summed E-state index contributed by atoms with van der Waals surface area (Å²) in [6.07, 6.45) is 1.91. The van der Waals surface area contributed by atoms with E-state index in [1.54, 1.807) is 11.0 Å². The summed E-state index contributed by atoms with van der Waals surface area (Å²) in [4.78, 5) is 1.80.